The van der Waals surface area contributed by atoms with Gasteiger partial charge in [-0.05, 0) is 6.07 Å². The van der Waals surface area contributed by atoms with Crippen molar-refractivity contribution >= 4 is 17.2 Å². The van der Waals surface area contributed by atoms with Crippen molar-refractivity contribution in [3.8, 4) is 0 Å². The molecule has 0 amide bonds. The lowest BCUT2D eigenvalue weighted by molar-refractivity contribution is 0.563. The number of benzene rings is 1. The SMILES string of the molecule is O=[C]c1cccc2ncncc12. The molecule has 0 spiro atoms. The molecule has 2 rings (SSSR count). The molecule has 0 aliphatic carbocycles. The van der Waals surface area contributed by atoms with Gasteiger partial charge >= 0.3 is 0 Å². The Labute approximate surface area is 69.1 Å². The number of carbonyl (C=O) groups excluding carboxylic acids is 1. The average molecular weight is 157 g/mol. The Kier molecular flexibility index (Phi) is 1.55. The minimum Gasteiger partial charge on any atom is -0.285 e. The van der Waals surface area contributed by atoms with E-state index < -0.39 is 0 Å². The summed E-state index contributed by atoms with van der Waals surface area (Å²) < 4.78 is 0. The monoisotopic (exact) mass is 157 g/mol. The standard InChI is InChI=1S/C9H5N2O/c12-5-7-2-1-3-9-8(7)4-10-6-11-9/h1-4,6H. The van der Waals surface area contributed by atoms with Crippen LogP contribution in [0.15, 0.2) is 30.7 Å². The minimum absolute atomic E-state index is 0.508. The normalized spacial score (nSPS) is 10.0. The van der Waals surface area contributed by atoms with Crippen molar-refractivity contribution < 1.29 is 4.79 Å². The lowest BCUT2D eigenvalue weighted by atomic mass is 10.1. The molecule has 57 valence electrons. The van der Waals surface area contributed by atoms with Crippen LogP contribution in [0.5, 0.6) is 0 Å². The quantitative estimate of drug-likeness (QED) is 0.622. The molecule has 0 bridgehead atoms. The van der Waals surface area contributed by atoms with Gasteiger partial charge in [-0.15, -0.1) is 0 Å². The first-order valence-corrected chi connectivity index (χ1v) is 3.49. The Morgan fingerprint density at radius 1 is 1.33 bits per heavy atom. The van der Waals surface area contributed by atoms with Crippen LogP contribution in [-0.2, 0) is 4.79 Å². The zero-order valence-corrected chi connectivity index (χ0v) is 6.19. The first kappa shape index (κ1) is 6.91. The van der Waals surface area contributed by atoms with Crippen molar-refractivity contribution in [2.45, 2.75) is 0 Å². The summed E-state index contributed by atoms with van der Waals surface area (Å²) in [5.41, 5.74) is 1.28. The van der Waals surface area contributed by atoms with Crippen LogP contribution >= 0.6 is 0 Å². The second kappa shape index (κ2) is 2.70. The molecule has 0 atom stereocenters. The van der Waals surface area contributed by atoms with Gasteiger partial charge in [-0.1, -0.05) is 12.1 Å². The highest BCUT2D eigenvalue weighted by Gasteiger charge is 1.99. The molecule has 1 radical (unpaired) electrons. The highest BCUT2D eigenvalue weighted by atomic mass is 16.1. The topological polar surface area (TPSA) is 42.9 Å². The van der Waals surface area contributed by atoms with Crippen molar-refractivity contribution in [1.29, 1.82) is 0 Å². The van der Waals surface area contributed by atoms with Crippen molar-refractivity contribution in [3.05, 3.63) is 36.3 Å². The summed E-state index contributed by atoms with van der Waals surface area (Å²) in [6, 6.07) is 5.30. The maximum Gasteiger partial charge on any atom is 0.234 e. The molecular formula is C9H5N2O. The van der Waals surface area contributed by atoms with E-state index in [4.69, 9.17) is 0 Å². The molecule has 0 fully saturated rings. The van der Waals surface area contributed by atoms with E-state index >= 15 is 0 Å². The third-order valence-corrected chi connectivity index (χ3v) is 1.66. The molecule has 3 heteroatoms. The number of rotatable bonds is 1. The van der Waals surface area contributed by atoms with E-state index in [1.54, 1.807) is 18.3 Å². The molecule has 1 heterocycles. The van der Waals surface area contributed by atoms with Crippen LogP contribution in [-0.4, -0.2) is 16.3 Å². The van der Waals surface area contributed by atoms with E-state index in [1.807, 2.05) is 12.4 Å². The second-order valence-corrected chi connectivity index (χ2v) is 2.36. The van der Waals surface area contributed by atoms with Crippen molar-refractivity contribution in [2.75, 3.05) is 0 Å². The zero-order chi connectivity index (χ0) is 8.39. The van der Waals surface area contributed by atoms with Gasteiger partial charge in [-0.25, -0.2) is 9.97 Å². The van der Waals surface area contributed by atoms with Crippen LogP contribution < -0.4 is 0 Å². The Balaban J connectivity index is 2.88. The molecule has 2 aromatic rings. The third-order valence-electron chi connectivity index (χ3n) is 1.66. The summed E-state index contributed by atoms with van der Waals surface area (Å²) in [5, 5.41) is 0.745. The van der Waals surface area contributed by atoms with E-state index in [0.29, 0.717) is 5.56 Å². The molecular weight excluding hydrogens is 152 g/mol. The van der Waals surface area contributed by atoms with Gasteiger partial charge in [-0.3, -0.25) is 4.79 Å². The van der Waals surface area contributed by atoms with Crippen LogP contribution in [0, 0.1) is 0 Å². The average Bonchev–Trinajstić information content (AvgIpc) is 2.17. The minimum atomic E-state index is 0.508. The molecule has 1 aromatic heterocycles. The van der Waals surface area contributed by atoms with Crippen molar-refractivity contribution in [2.24, 2.45) is 0 Å². The molecule has 0 saturated carbocycles. The van der Waals surface area contributed by atoms with Crippen LogP contribution in [0.3, 0.4) is 0 Å². The maximum atomic E-state index is 10.4. The van der Waals surface area contributed by atoms with Gasteiger partial charge in [0.05, 0.1) is 5.52 Å². The predicted molar refractivity (Wildman–Crippen MR) is 44.3 cm³/mol. The predicted octanol–water partition coefficient (Wildman–Crippen LogP) is 1.09. The highest BCUT2D eigenvalue weighted by Crippen LogP contribution is 2.12. The molecule has 0 aliphatic heterocycles. The van der Waals surface area contributed by atoms with E-state index in [2.05, 4.69) is 9.97 Å². The Morgan fingerprint density at radius 2 is 2.25 bits per heavy atom. The molecule has 0 N–H and O–H groups in total. The van der Waals surface area contributed by atoms with Gasteiger partial charge in [0.2, 0.25) is 6.29 Å². The fourth-order valence-electron chi connectivity index (χ4n) is 1.09. The maximum absolute atomic E-state index is 10.4. The number of hydrogen-bond donors (Lipinski definition) is 0. The van der Waals surface area contributed by atoms with Gasteiger partial charge in [-0.2, -0.15) is 0 Å². The van der Waals surface area contributed by atoms with Crippen LogP contribution in [0.25, 0.3) is 10.9 Å². The summed E-state index contributed by atoms with van der Waals surface area (Å²) in [6.45, 7) is 0. The summed E-state index contributed by atoms with van der Waals surface area (Å²) in [5.74, 6) is 0. The lowest BCUT2D eigenvalue weighted by Crippen LogP contribution is -1.86. The Bertz CT molecular complexity index is 420. The van der Waals surface area contributed by atoms with Crippen molar-refractivity contribution in [3.63, 3.8) is 0 Å². The Hall–Kier alpha value is -1.77. The van der Waals surface area contributed by atoms with E-state index in [0.717, 1.165) is 10.9 Å². The molecule has 1 aromatic carbocycles. The van der Waals surface area contributed by atoms with Crippen LogP contribution in [0.4, 0.5) is 0 Å². The second-order valence-electron chi connectivity index (χ2n) is 2.36. The number of aromatic nitrogens is 2. The first-order valence-electron chi connectivity index (χ1n) is 3.49. The van der Waals surface area contributed by atoms with Gasteiger partial charge in [0, 0.05) is 17.1 Å². The lowest BCUT2D eigenvalue weighted by Gasteiger charge is -1.95. The summed E-state index contributed by atoms with van der Waals surface area (Å²) >= 11 is 0. The molecule has 0 unspecified atom stereocenters. The van der Waals surface area contributed by atoms with Crippen LogP contribution in [0.1, 0.15) is 5.56 Å². The van der Waals surface area contributed by atoms with Gasteiger partial charge in [0.25, 0.3) is 0 Å². The largest absolute Gasteiger partial charge is 0.285 e. The fourth-order valence-corrected chi connectivity index (χ4v) is 1.09. The molecule has 12 heavy (non-hydrogen) atoms. The number of hydrogen-bond acceptors (Lipinski definition) is 3. The fraction of sp³-hybridized carbons (Fsp3) is 0. The first-order chi connectivity index (χ1) is 5.92. The highest BCUT2D eigenvalue weighted by molar-refractivity contribution is 5.95. The summed E-state index contributed by atoms with van der Waals surface area (Å²) in [4.78, 5) is 18.3. The van der Waals surface area contributed by atoms with Crippen molar-refractivity contribution in [1.82, 2.24) is 9.97 Å². The Morgan fingerprint density at radius 3 is 3.08 bits per heavy atom. The molecule has 0 saturated heterocycles. The zero-order valence-electron chi connectivity index (χ0n) is 6.19. The van der Waals surface area contributed by atoms with Gasteiger partial charge in [0.15, 0.2) is 0 Å². The summed E-state index contributed by atoms with van der Waals surface area (Å²) in [7, 11) is 0. The summed E-state index contributed by atoms with van der Waals surface area (Å²) in [6.07, 6.45) is 4.91. The van der Waals surface area contributed by atoms with E-state index in [9.17, 15) is 4.79 Å². The molecule has 3 nitrogen and oxygen atoms in total. The third kappa shape index (κ3) is 0.955. The smallest absolute Gasteiger partial charge is 0.234 e. The number of fused-ring (bicyclic) bond motifs is 1. The number of nitrogens with zero attached hydrogens (tertiary/aromatic N) is 2. The molecule has 0 aliphatic rings. The van der Waals surface area contributed by atoms with Crippen LogP contribution in [0.2, 0.25) is 0 Å². The van der Waals surface area contributed by atoms with E-state index in [-0.39, 0.29) is 0 Å². The van der Waals surface area contributed by atoms with Gasteiger partial charge < -0.3 is 0 Å². The van der Waals surface area contributed by atoms with Gasteiger partial charge in [0.1, 0.15) is 6.33 Å². The van der Waals surface area contributed by atoms with E-state index in [1.165, 1.54) is 6.33 Å².